The van der Waals surface area contributed by atoms with Crippen molar-refractivity contribution in [1.29, 1.82) is 0 Å². The summed E-state index contributed by atoms with van der Waals surface area (Å²) < 4.78 is 0. The maximum absolute atomic E-state index is 3.50. The predicted molar refractivity (Wildman–Crippen MR) is 81.2 cm³/mol. The Morgan fingerprint density at radius 3 is 2.67 bits per heavy atom. The zero-order chi connectivity index (χ0) is 13.0. The molecule has 0 aliphatic heterocycles. The molecule has 1 N–H and O–H groups in total. The summed E-state index contributed by atoms with van der Waals surface area (Å²) in [5, 5.41) is 5.67. The number of thiophene rings is 1. The second-order valence-corrected chi connectivity index (χ2v) is 5.69. The molecule has 1 heterocycles. The van der Waals surface area contributed by atoms with Gasteiger partial charge in [0.15, 0.2) is 0 Å². The number of aryl methyl sites for hydroxylation is 2. The highest BCUT2D eigenvalue weighted by Gasteiger charge is 2.09. The fraction of sp³-hybridized carbons (Fsp3) is 0.375. The van der Waals surface area contributed by atoms with Crippen LogP contribution in [0.25, 0.3) is 10.4 Å². The Morgan fingerprint density at radius 2 is 2.00 bits per heavy atom. The van der Waals surface area contributed by atoms with Gasteiger partial charge in [0, 0.05) is 11.4 Å². The van der Waals surface area contributed by atoms with Gasteiger partial charge in [-0.3, -0.25) is 0 Å². The van der Waals surface area contributed by atoms with Crippen molar-refractivity contribution in [2.45, 2.75) is 33.7 Å². The molecule has 0 amide bonds. The highest BCUT2D eigenvalue weighted by molar-refractivity contribution is 7.13. The first-order valence-electron chi connectivity index (χ1n) is 6.57. The van der Waals surface area contributed by atoms with E-state index < -0.39 is 0 Å². The highest BCUT2D eigenvalue weighted by atomic mass is 32.1. The Hall–Kier alpha value is -1.12. The number of benzene rings is 1. The molecule has 0 atom stereocenters. The SMILES string of the molecule is CCCNCc1ccc(C)cc1-c1sccc1C. The summed E-state index contributed by atoms with van der Waals surface area (Å²) >= 11 is 1.84. The second kappa shape index (κ2) is 6.17. The zero-order valence-electron chi connectivity index (χ0n) is 11.4. The van der Waals surface area contributed by atoms with E-state index in [9.17, 15) is 0 Å². The molecule has 0 unspecified atom stereocenters. The topological polar surface area (TPSA) is 12.0 Å². The number of hydrogen-bond acceptors (Lipinski definition) is 2. The Kier molecular flexibility index (Phi) is 4.56. The summed E-state index contributed by atoms with van der Waals surface area (Å²) in [5.74, 6) is 0. The largest absolute Gasteiger partial charge is 0.313 e. The van der Waals surface area contributed by atoms with Crippen molar-refractivity contribution in [2.75, 3.05) is 6.54 Å². The standard InChI is InChI=1S/C16H21NS/c1-4-8-17-11-14-6-5-12(2)10-15(14)16-13(3)7-9-18-16/h5-7,9-10,17H,4,8,11H2,1-3H3. The lowest BCUT2D eigenvalue weighted by Gasteiger charge is -2.11. The normalized spacial score (nSPS) is 10.8. The third kappa shape index (κ3) is 3.01. The lowest BCUT2D eigenvalue weighted by Crippen LogP contribution is -2.14. The van der Waals surface area contributed by atoms with Gasteiger partial charge >= 0.3 is 0 Å². The molecule has 2 rings (SSSR count). The maximum atomic E-state index is 3.50. The lowest BCUT2D eigenvalue weighted by molar-refractivity contribution is 0.676. The van der Waals surface area contributed by atoms with E-state index in [0.29, 0.717) is 0 Å². The van der Waals surface area contributed by atoms with Crippen LogP contribution in [0.5, 0.6) is 0 Å². The van der Waals surface area contributed by atoms with Gasteiger partial charge in [0.05, 0.1) is 0 Å². The molecule has 96 valence electrons. The Morgan fingerprint density at radius 1 is 1.17 bits per heavy atom. The molecule has 1 aromatic carbocycles. The molecule has 1 nitrogen and oxygen atoms in total. The van der Waals surface area contributed by atoms with Gasteiger partial charge in [-0.2, -0.15) is 0 Å². The average Bonchev–Trinajstić information content (AvgIpc) is 2.77. The quantitative estimate of drug-likeness (QED) is 0.778. The van der Waals surface area contributed by atoms with Crippen molar-refractivity contribution < 1.29 is 0 Å². The van der Waals surface area contributed by atoms with Gasteiger partial charge in [-0.1, -0.05) is 30.7 Å². The van der Waals surface area contributed by atoms with Crippen LogP contribution in [0.15, 0.2) is 29.6 Å². The molecule has 18 heavy (non-hydrogen) atoms. The van der Waals surface area contributed by atoms with E-state index in [1.54, 1.807) is 0 Å². The summed E-state index contributed by atoms with van der Waals surface area (Å²) in [5.41, 5.74) is 5.50. The number of rotatable bonds is 5. The molecule has 0 fully saturated rings. The van der Waals surface area contributed by atoms with Gasteiger partial charge in [-0.25, -0.2) is 0 Å². The van der Waals surface area contributed by atoms with Crippen molar-refractivity contribution in [1.82, 2.24) is 5.32 Å². The predicted octanol–water partition coefficient (Wildman–Crippen LogP) is 4.53. The zero-order valence-corrected chi connectivity index (χ0v) is 12.2. The summed E-state index contributed by atoms with van der Waals surface area (Å²) in [6, 6.07) is 8.97. The van der Waals surface area contributed by atoms with Crippen LogP contribution in [0.4, 0.5) is 0 Å². The minimum Gasteiger partial charge on any atom is -0.313 e. The van der Waals surface area contributed by atoms with E-state index in [1.165, 1.54) is 33.6 Å². The molecule has 0 saturated heterocycles. The molecule has 0 saturated carbocycles. The molecule has 0 radical (unpaired) electrons. The molecular weight excluding hydrogens is 238 g/mol. The van der Waals surface area contributed by atoms with Gasteiger partial charge in [-0.05, 0) is 54.9 Å². The van der Waals surface area contributed by atoms with Crippen molar-refractivity contribution in [2.24, 2.45) is 0 Å². The molecule has 0 aliphatic rings. The van der Waals surface area contributed by atoms with Gasteiger partial charge in [0.2, 0.25) is 0 Å². The van der Waals surface area contributed by atoms with Crippen molar-refractivity contribution in [3.05, 3.63) is 46.3 Å². The van der Waals surface area contributed by atoms with Crippen LogP contribution in [0.3, 0.4) is 0 Å². The van der Waals surface area contributed by atoms with Gasteiger partial charge < -0.3 is 5.32 Å². The van der Waals surface area contributed by atoms with Crippen LogP contribution in [0.1, 0.15) is 30.0 Å². The third-order valence-corrected chi connectivity index (χ3v) is 4.16. The average molecular weight is 259 g/mol. The van der Waals surface area contributed by atoms with Gasteiger partial charge in [0.25, 0.3) is 0 Å². The van der Waals surface area contributed by atoms with Crippen LogP contribution in [0, 0.1) is 13.8 Å². The van der Waals surface area contributed by atoms with Gasteiger partial charge in [0.1, 0.15) is 0 Å². The van der Waals surface area contributed by atoms with E-state index >= 15 is 0 Å². The minimum absolute atomic E-state index is 0.959. The molecule has 2 heteroatoms. The highest BCUT2D eigenvalue weighted by Crippen LogP contribution is 2.32. The molecule has 0 bridgehead atoms. The fourth-order valence-corrected chi connectivity index (χ4v) is 3.08. The molecule has 2 aromatic rings. The lowest BCUT2D eigenvalue weighted by atomic mass is 10.0. The van der Waals surface area contributed by atoms with E-state index in [0.717, 1.165) is 13.1 Å². The van der Waals surface area contributed by atoms with Crippen LogP contribution >= 0.6 is 11.3 Å². The number of nitrogens with one attached hydrogen (secondary N) is 1. The summed E-state index contributed by atoms with van der Waals surface area (Å²) in [6.45, 7) is 8.59. The first-order chi connectivity index (χ1) is 8.72. The monoisotopic (exact) mass is 259 g/mol. The van der Waals surface area contributed by atoms with E-state index in [1.807, 2.05) is 11.3 Å². The van der Waals surface area contributed by atoms with Crippen LogP contribution in [-0.4, -0.2) is 6.54 Å². The van der Waals surface area contributed by atoms with E-state index in [-0.39, 0.29) is 0 Å². The van der Waals surface area contributed by atoms with E-state index in [2.05, 4.69) is 55.7 Å². The fourth-order valence-electron chi connectivity index (χ4n) is 2.10. The maximum Gasteiger partial charge on any atom is 0.0375 e. The van der Waals surface area contributed by atoms with Crippen LogP contribution in [-0.2, 0) is 6.54 Å². The van der Waals surface area contributed by atoms with Gasteiger partial charge in [-0.15, -0.1) is 11.3 Å². The van der Waals surface area contributed by atoms with Crippen LogP contribution in [0.2, 0.25) is 0 Å². The first kappa shape index (κ1) is 13.3. The summed E-state index contributed by atoms with van der Waals surface area (Å²) in [7, 11) is 0. The molecular formula is C16H21NS. The van der Waals surface area contributed by atoms with Crippen molar-refractivity contribution in [3.63, 3.8) is 0 Å². The Balaban J connectivity index is 2.32. The first-order valence-corrected chi connectivity index (χ1v) is 7.45. The molecule has 1 aromatic heterocycles. The van der Waals surface area contributed by atoms with E-state index in [4.69, 9.17) is 0 Å². The van der Waals surface area contributed by atoms with Crippen molar-refractivity contribution in [3.8, 4) is 10.4 Å². The Labute approximate surface area is 114 Å². The second-order valence-electron chi connectivity index (χ2n) is 4.77. The smallest absolute Gasteiger partial charge is 0.0375 e. The summed E-state index contributed by atoms with van der Waals surface area (Å²) in [4.78, 5) is 1.41. The Bertz CT molecular complexity index is 514. The molecule has 0 aliphatic carbocycles. The molecule has 0 spiro atoms. The van der Waals surface area contributed by atoms with Crippen LogP contribution < -0.4 is 5.32 Å². The minimum atomic E-state index is 0.959. The number of hydrogen-bond donors (Lipinski definition) is 1. The third-order valence-electron chi connectivity index (χ3n) is 3.11. The van der Waals surface area contributed by atoms with Crippen molar-refractivity contribution >= 4 is 11.3 Å². The summed E-state index contributed by atoms with van der Waals surface area (Å²) in [6.07, 6.45) is 1.18.